The first-order chi connectivity index (χ1) is 8.99. The smallest absolute Gasteiger partial charge is 0.302 e. The van der Waals surface area contributed by atoms with Gasteiger partial charge >= 0.3 is 5.97 Å². The molecule has 1 heterocycles. The number of carbonyl (C=O) groups excluding carboxylic acids is 1. The number of anilines is 1. The van der Waals surface area contributed by atoms with Gasteiger partial charge in [0.05, 0.1) is 11.9 Å². The van der Waals surface area contributed by atoms with E-state index in [-0.39, 0.29) is 12.1 Å². The Hall–Kier alpha value is -1.58. The average Bonchev–Trinajstić information content (AvgIpc) is 2.34. The molecule has 0 radical (unpaired) electrons. The van der Waals surface area contributed by atoms with E-state index in [1.54, 1.807) is 12.4 Å². The number of pyridine rings is 1. The minimum Gasteiger partial charge on any atom is -0.462 e. The molecular formula is C15H22N2O2. The Morgan fingerprint density at radius 1 is 1.37 bits per heavy atom. The molecule has 4 heteroatoms. The molecular weight excluding hydrogens is 240 g/mol. The van der Waals surface area contributed by atoms with Crippen LogP contribution in [-0.4, -0.2) is 17.1 Å². The van der Waals surface area contributed by atoms with E-state index >= 15 is 0 Å². The number of hydrogen-bond donors (Lipinski definition) is 1. The third-order valence-corrected chi connectivity index (χ3v) is 4.06. The van der Waals surface area contributed by atoms with Gasteiger partial charge in [0.2, 0.25) is 0 Å². The summed E-state index contributed by atoms with van der Waals surface area (Å²) in [6, 6.07) is 2.01. The summed E-state index contributed by atoms with van der Waals surface area (Å²) in [5.41, 5.74) is 7.95. The fraction of sp³-hybridized carbons (Fsp3) is 0.600. The van der Waals surface area contributed by atoms with Crippen LogP contribution >= 0.6 is 0 Å². The largest absolute Gasteiger partial charge is 0.462 e. The Morgan fingerprint density at radius 2 is 2.00 bits per heavy atom. The molecule has 19 heavy (non-hydrogen) atoms. The molecule has 0 saturated heterocycles. The maximum absolute atomic E-state index is 11.2. The summed E-state index contributed by atoms with van der Waals surface area (Å²) >= 11 is 0. The van der Waals surface area contributed by atoms with Crippen LogP contribution in [-0.2, 0) is 9.53 Å². The van der Waals surface area contributed by atoms with Gasteiger partial charge in [0.1, 0.15) is 6.10 Å². The standard InChI is InChI=1S/C15H22N2O2/c1-9-6-12(13-4-5-17-8-14(13)16)7-10(2)15(9)19-11(3)18/h4-5,8-10,12,15H,6-7,16H2,1-3H3/t9-,10+,12?,15+. The summed E-state index contributed by atoms with van der Waals surface area (Å²) in [6.45, 7) is 5.77. The van der Waals surface area contributed by atoms with Gasteiger partial charge in [0.15, 0.2) is 0 Å². The minimum atomic E-state index is -0.189. The number of ether oxygens (including phenoxy) is 1. The van der Waals surface area contributed by atoms with Crippen molar-refractivity contribution in [3.05, 3.63) is 24.0 Å². The molecule has 0 amide bonds. The molecule has 1 aliphatic carbocycles. The number of hydrogen-bond acceptors (Lipinski definition) is 4. The lowest BCUT2D eigenvalue weighted by molar-refractivity contribution is -0.154. The molecule has 4 atom stereocenters. The molecule has 0 aliphatic heterocycles. The molecule has 1 fully saturated rings. The second-order valence-corrected chi connectivity index (χ2v) is 5.70. The molecule has 1 aliphatic rings. The Morgan fingerprint density at radius 3 is 2.53 bits per heavy atom. The lowest BCUT2D eigenvalue weighted by Gasteiger charge is -2.38. The van der Waals surface area contributed by atoms with Crippen LogP contribution in [0.5, 0.6) is 0 Å². The monoisotopic (exact) mass is 262 g/mol. The highest BCUT2D eigenvalue weighted by Crippen LogP contribution is 2.42. The lowest BCUT2D eigenvalue weighted by atomic mass is 9.72. The summed E-state index contributed by atoms with van der Waals surface area (Å²) in [5, 5.41) is 0. The zero-order chi connectivity index (χ0) is 14.0. The quantitative estimate of drug-likeness (QED) is 0.832. The molecule has 2 rings (SSSR count). The van der Waals surface area contributed by atoms with Crippen LogP contribution in [0.4, 0.5) is 5.69 Å². The summed E-state index contributed by atoms with van der Waals surface area (Å²) in [4.78, 5) is 15.2. The molecule has 4 nitrogen and oxygen atoms in total. The number of carbonyl (C=O) groups is 1. The topological polar surface area (TPSA) is 65.2 Å². The van der Waals surface area contributed by atoms with Gasteiger partial charge in [-0.3, -0.25) is 9.78 Å². The Bertz CT molecular complexity index is 449. The number of esters is 1. The first kappa shape index (κ1) is 13.8. The summed E-state index contributed by atoms with van der Waals surface area (Å²) in [6.07, 6.45) is 5.52. The average molecular weight is 262 g/mol. The first-order valence-electron chi connectivity index (χ1n) is 6.85. The van der Waals surface area contributed by atoms with Crippen LogP contribution in [0.15, 0.2) is 18.5 Å². The fourth-order valence-corrected chi connectivity index (χ4v) is 3.29. The van der Waals surface area contributed by atoms with Crippen molar-refractivity contribution in [1.82, 2.24) is 4.98 Å². The van der Waals surface area contributed by atoms with E-state index in [4.69, 9.17) is 10.5 Å². The van der Waals surface area contributed by atoms with E-state index < -0.39 is 0 Å². The van der Waals surface area contributed by atoms with Crippen LogP contribution in [0.3, 0.4) is 0 Å². The van der Waals surface area contributed by atoms with Crippen molar-refractivity contribution in [1.29, 1.82) is 0 Å². The van der Waals surface area contributed by atoms with Gasteiger partial charge in [-0.15, -0.1) is 0 Å². The van der Waals surface area contributed by atoms with Gasteiger partial charge in [-0.1, -0.05) is 13.8 Å². The van der Waals surface area contributed by atoms with E-state index in [0.29, 0.717) is 17.8 Å². The zero-order valence-electron chi connectivity index (χ0n) is 11.8. The van der Waals surface area contributed by atoms with Gasteiger partial charge < -0.3 is 10.5 Å². The van der Waals surface area contributed by atoms with Gasteiger partial charge in [-0.05, 0) is 42.2 Å². The van der Waals surface area contributed by atoms with Gasteiger partial charge in [0.25, 0.3) is 0 Å². The van der Waals surface area contributed by atoms with Crippen molar-refractivity contribution in [2.75, 3.05) is 5.73 Å². The number of aromatic nitrogens is 1. The number of nitrogens with zero attached hydrogens (tertiary/aromatic N) is 1. The van der Waals surface area contributed by atoms with Crippen molar-refractivity contribution >= 4 is 11.7 Å². The summed E-state index contributed by atoms with van der Waals surface area (Å²) < 4.78 is 5.45. The molecule has 104 valence electrons. The molecule has 1 unspecified atom stereocenters. The molecule has 2 N–H and O–H groups in total. The first-order valence-corrected chi connectivity index (χ1v) is 6.85. The maximum Gasteiger partial charge on any atom is 0.302 e. The summed E-state index contributed by atoms with van der Waals surface area (Å²) in [5.74, 6) is 0.945. The Kier molecular flexibility index (Phi) is 4.08. The minimum absolute atomic E-state index is 0.0248. The zero-order valence-corrected chi connectivity index (χ0v) is 11.8. The van der Waals surface area contributed by atoms with E-state index in [1.807, 2.05) is 6.07 Å². The molecule has 1 aromatic heterocycles. The van der Waals surface area contributed by atoms with Crippen molar-refractivity contribution in [3.63, 3.8) is 0 Å². The Balaban J connectivity index is 2.13. The van der Waals surface area contributed by atoms with Crippen LogP contribution < -0.4 is 5.73 Å². The molecule has 0 bridgehead atoms. The fourth-order valence-electron chi connectivity index (χ4n) is 3.29. The van der Waals surface area contributed by atoms with Gasteiger partial charge in [0, 0.05) is 13.1 Å². The predicted octanol–water partition coefficient (Wildman–Crippen LogP) is 2.75. The molecule has 1 aromatic rings. The van der Waals surface area contributed by atoms with Crippen molar-refractivity contribution in [3.8, 4) is 0 Å². The number of nitrogen functional groups attached to an aromatic ring is 1. The van der Waals surface area contributed by atoms with Crippen molar-refractivity contribution in [2.45, 2.75) is 45.6 Å². The van der Waals surface area contributed by atoms with Crippen LogP contribution in [0.1, 0.15) is 45.1 Å². The second-order valence-electron chi connectivity index (χ2n) is 5.70. The van der Waals surface area contributed by atoms with Crippen LogP contribution in [0.2, 0.25) is 0 Å². The lowest BCUT2D eigenvalue weighted by Crippen LogP contribution is -2.37. The van der Waals surface area contributed by atoms with Crippen molar-refractivity contribution < 1.29 is 9.53 Å². The maximum atomic E-state index is 11.2. The van der Waals surface area contributed by atoms with E-state index in [2.05, 4.69) is 18.8 Å². The molecule has 1 saturated carbocycles. The van der Waals surface area contributed by atoms with E-state index in [1.165, 1.54) is 12.5 Å². The number of nitrogens with two attached hydrogens (primary N) is 1. The van der Waals surface area contributed by atoms with Crippen molar-refractivity contribution in [2.24, 2.45) is 11.8 Å². The van der Waals surface area contributed by atoms with Crippen LogP contribution in [0, 0.1) is 11.8 Å². The highest BCUT2D eigenvalue weighted by molar-refractivity contribution is 5.66. The third-order valence-electron chi connectivity index (χ3n) is 4.06. The predicted molar refractivity (Wildman–Crippen MR) is 74.5 cm³/mol. The van der Waals surface area contributed by atoms with E-state index in [0.717, 1.165) is 18.5 Å². The normalized spacial score (nSPS) is 30.9. The molecule has 0 aromatic carbocycles. The second kappa shape index (κ2) is 5.59. The number of rotatable bonds is 2. The highest BCUT2D eigenvalue weighted by Gasteiger charge is 2.36. The summed E-state index contributed by atoms with van der Waals surface area (Å²) in [7, 11) is 0. The third kappa shape index (κ3) is 3.06. The SMILES string of the molecule is CC(=O)O[C@H]1[C@H](C)CC(c2ccncc2N)C[C@@H]1C. The van der Waals surface area contributed by atoms with Gasteiger partial charge in [-0.25, -0.2) is 0 Å². The highest BCUT2D eigenvalue weighted by atomic mass is 16.5. The Labute approximate surface area is 114 Å². The molecule has 0 spiro atoms. The van der Waals surface area contributed by atoms with Crippen LogP contribution in [0.25, 0.3) is 0 Å². The van der Waals surface area contributed by atoms with E-state index in [9.17, 15) is 4.79 Å². The van der Waals surface area contributed by atoms with Gasteiger partial charge in [-0.2, -0.15) is 0 Å².